The van der Waals surface area contributed by atoms with Gasteiger partial charge in [-0.15, -0.1) is 0 Å². The highest BCUT2D eigenvalue weighted by Gasteiger charge is 2.59. The topological polar surface area (TPSA) is 43.4 Å². The molecule has 3 fully saturated rings. The van der Waals surface area contributed by atoms with E-state index in [0.29, 0.717) is 17.3 Å². The van der Waals surface area contributed by atoms with Crippen LogP contribution < -0.4 is 0 Å². The molecule has 3 nitrogen and oxygen atoms in total. The van der Waals surface area contributed by atoms with Crippen molar-refractivity contribution < 1.29 is 14.3 Å². The van der Waals surface area contributed by atoms with Crippen LogP contribution in [-0.2, 0) is 14.3 Å². The van der Waals surface area contributed by atoms with Crippen LogP contribution in [0.2, 0.25) is 0 Å². The van der Waals surface area contributed by atoms with Crippen molar-refractivity contribution in [2.45, 2.75) is 85.2 Å². The summed E-state index contributed by atoms with van der Waals surface area (Å²) in [7, 11) is 0. The standard InChI is InChI=1S/C23H34O3/c1-14(24)19-7-8-20-18-6-5-16-13-17(26-15(2)25)9-11-22(16,3)21(18)10-12-23(19,20)4/h7,16-18,20-21H,5-6,8-13H2,1-4H3/t16?,17-,18-,20-,21-,22-,23+/m0/s1. The van der Waals surface area contributed by atoms with Gasteiger partial charge in [0.2, 0.25) is 0 Å². The third-order valence-corrected chi connectivity index (χ3v) is 8.91. The minimum atomic E-state index is -0.130. The summed E-state index contributed by atoms with van der Waals surface area (Å²) in [4.78, 5) is 23.5. The number of ether oxygens (including phenoxy) is 1. The van der Waals surface area contributed by atoms with Crippen LogP contribution in [0.4, 0.5) is 0 Å². The Hall–Kier alpha value is -1.12. The predicted molar refractivity (Wildman–Crippen MR) is 101 cm³/mol. The van der Waals surface area contributed by atoms with E-state index in [9.17, 15) is 9.59 Å². The van der Waals surface area contributed by atoms with Gasteiger partial charge in [-0.3, -0.25) is 9.59 Å². The first kappa shape index (κ1) is 18.3. The average Bonchev–Trinajstić information content (AvgIpc) is 2.92. The molecule has 0 saturated heterocycles. The van der Waals surface area contributed by atoms with Crippen LogP contribution in [0, 0.1) is 34.5 Å². The summed E-state index contributed by atoms with van der Waals surface area (Å²) in [6, 6.07) is 0. The van der Waals surface area contributed by atoms with Crippen LogP contribution in [-0.4, -0.2) is 17.9 Å². The van der Waals surface area contributed by atoms with Crippen LogP contribution in [0.1, 0.15) is 79.1 Å². The van der Waals surface area contributed by atoms with Crippen molar-refractivity contribution in [2.24, 2.45) is 34.5 Å². The smallest absolute Gasteiger partial charge is 0.302 e. The van der Waals surface area contributed by atoms with Crippen molar-refractivity contribution in [2.75, 3.05) is 0 Å². The minimum Gasteiger partial charge on any atom is -0.463 e. The molecule has 0 aromatic carbocycles. The number of ketones is 1. The maximum atomic E-state index is 12.2. The van der Waals surface area contributed by atoms with Gasteiger partial charge in [-0.25, -0.2) is 0 Å². The average molecular weight is 359 g/mol. The van der Waals surface area contributed by atoms with Crippen molar-refractivity contribution in [1.82, 2.24) is 0 Å². The van der Waals surface area contributed by atoms with E-state index < -0.39 is 0 Å². The molecular weight excluding hydrogens is 324 g/mol. The van der Waals surface area contributed by atoms with Gasteiger partial charge in [0.25, 0.3) is 0 Å². The lowest BCUT2D eigenvalue weighted by atomic mass is 9.44. The quantitative estimate of drug-likeness (QED) is 0.646. The first-order valence-electron chi connectivity index (χ1n) is 10.6. The molecule has 4 aliphatic carbocycles. The van der Waals surface area contributed by atoms with Gasteiger partial charge in [-0.2, -0.15) is 0 Å². The first-order chi connectivity index (χ1) is 12.3. The molecule has 0 N–H and O–H groups in total. The number of hydrogen-bond acceptors (Lipinski definition) is 3. The van der Waals surface area contributed by atoms with Gasteiger partial charge in [0.1, 0.15) is 6.10 Å². The van der Waals surface area contributed by atoms with Gasteiger partial charge >= 0.3 is 5.97 Å². The lowest BCUT2D eigenvalue weighted by Gasteiger charge is -2.60. The molecule has 0 aromatic rings. The summed E-state index contributed by atoms with van der Waals surface area (Å²) in [5.74, 6) is 3.03. The van der Waals surface area contributed by atoms with Gasteiger partial charge < -0.3 is 4.74 Å². The van der Waals surface area contributed by atoms with Crippen molar-refractivity contribution >= 4 is 11.8 Å². The number of carbonyl (C=O) groups excluding carboxylic acids is 2. The highest BCUT2D eigenvalue weighted by atomic mass is 16.5. The molecule has 0 spiro atoms. The van der Waals surface area contributed by atoms with Gasteiger partial charge in [0.05, 0.1) is 0 Å². The Morgan fingerprint density at radius 1 is 1.04 bits per heavy atom. The molecule has 4 aliphatic rings. The highest BCUT2D eigenvalue weighted by molar-refractivity contribution is 5.95. The molecule has 7 atom stereocenters. The number of fused-ring (bicyclic) bond motifs is 5. The molecule has 26 heavy (non-hydrogen) atoms. The van der Waals surface area contributed by atoms with Crippen LogP contribution in [0.25, 0.3) is 0 Å². The fourth-order valence-corrected chi connectivity index (χ4v) is 7.67. The highest BCUT2D eigenvalue weighted by Crippen LogP contribution is 2.66. The first-order valence-corrected chi connectivity index (χ1v) is 10.6. The lowest BCUT2D eigenvalue weighted by molar-refractivity contribution is -0.159. The molecule has 4 rings (SSSR count). The maximum Gasteiger partial charge on any atom is 0.302 e. The zero-order valence-electron chi connectivity index (χ0n) is 16.8. The van der Waals surface area contributed by atoms with Gasteiger partial charge in [-0.1, -0.05) is 19.9 Å². The molecule has 3 heteroatoms. The molecule has 1 unspecified atom stereocenters. The molecule has 144 valence electrons. The second-order valence-electron chi connectivity index (χ2n) is 10.0. The summed E-state index contributed by atoms with van der Waals surface area (Å²) in [6.07, 6.45) is 11.7. The molecule has 0 aliphatic heterocycles. The Balaban J connectivity index is 1.54. The number of allylic oxidation sites excluding steroid dienone is 2. The third kappa shape index (κ3) is 2.60. The molecule has 0 bridgehead atoms. The second kappa shape index (κ2) is 6.21. The van der Waals surface area contributed by atoms with E-state index in [2.05, 4.69) is 19.9 Å². The Kier molecular flexibility index (Phi) is 4.36. The van der Waals surface area contributed by atoms with E-state index in [1.165, 1.54) is 39.0 Å². The number of Topliss-reactive ketones (excluding diaryl/α,β-unsaturated/α-hetero) is 1. The fraction of sp³-hybridized carbons (Fsp3) is 0.826. The lowest BCUT2D eigenvalue weighted by Crippen LogP contribution is -2.54. The zero-order chi connectivity index (χ0) is 18.7. The van der Waals surface area contributed by atoms with Crippen molar-refractivity contribution in [3.05, 3.63) is 11.6 Å². The fourth-order valence-electron chi connectivity index (χ4n) is 7.67. The summed E-state index contributed by atoms with van der Waals surface area (Å²) >= 11 is 0. The largest absolute Gasteiger partial charge is 0.463 e. The summed E-state index contributed by atoms with van der Waals surface area (Å²) in [5.41, 5.74) is 1.62. The van der Waals surface area contributed by atoms with E-state index in [4.69, 9.17) is 4.74 Å². The van der Waals surface area contributed by atoms with Gasteiger partial charge in [-0.05, 0) is 98.4 Å². The maximum absolute atomic E-state index is 12.2. The SMILES string of the molecule is CC(=O)O[C@H]1CC[C@@]2(C)C(CC[C@@H]3[C@@H]2CC[C@]2(C)C(C(C)=O)=CC[C@@H]32)C1. The minimum absolute atomic E-state index is 0.116. The zero-order valence-corrected chi connectivity index (χ0v) is 16.8. The van der Waals surface area contributed by atoms with E-state index >= 15 is 0 Å². The third-order valence-electron chi connectivity index (χ3n) is 8.91. The Morgan fingerprint density at radius 2 is 1.81 bits per heavy atom. The molecule has 0 radical (unpaired) electrons. The summed E-state index contributed by atoms with van der Waals surface area (Å²) in [6.45, 7) is 8.17. The molecule has 0 heterocycles. The number of esters is 1. The molecule has 3 saturated carbocycles. The van der Waals surface area contributed by atoms with E-state index in [1.807, 2.05) is 0 Å². The van der Waals surface area contributed by atoms with Gasteiger partial charge in [0.15, 0.2) is 5.78 Å². The van der Waals surface area contributed by atoms with Crippen LogP contribution in [0.15, 0.2) is 11.6 Å². The van der Waals surface area contributed by atoms with Crippen LogP contribution in [0.5, 0.6) is 0 Å². The number of hydrogen-bond donors (Lipinski definition) is 0. The van der Waals surface area contributed by atoms with E-state index in [1.54, 1.807) is 6.92 Å². The Labute approximate surface area is 157 Å². The number of rotatable bonds is 2. The molecule has 0 aromatic heterocycles. The van der Waals surface area contributed by atoms with E-state index in [-0.39, 0.29) is 23.3 Å². The predicted octanol–water partition coefficient (Wildman–Crippen LogP) is 5.09. The van der Waals surface area contributed by atoms with Gasteiger partial charge in [0, 0.05) is 6.92 Å². The van der Waals surface area contributed by atoms with Crippen molar-refractivity contribution in [3.63, 3.8) is 0 Å². The van der Waals surface area contributed by atoms with Crippen LogP contribution in [0.3, 0.4) is 0 Å². The Bertz CT molecular complexity index is 650. The second-order valence-corrected chi connectivity index (χ2v) is 10.0. The monoisotopic (exact) mass is 358 g/mol. The number of carbonyl (C=O) groups is 2. The van der Waals surface area contributed by atoms with E-state index in [0.717, 1.165) is 36.7 Å². The molecule has 0 amide bonds. The normalized spacial score (nSPS) is 47.2. The van der Waals surface area contributed by atoms with Crippen molar-refractivity contribution in [1.29, 1.82) is 0 Å². The molecular formula is C23H34O3. The van der Waals surface area contributed by atoms with Crippen LogP contribution >= 0.6 is 0 Å². The summed E-state index contributed by atoms with van der Waals surface area (Å²) < 4.78 is 5.56. The summed E-state index contributed by atoms with van der Waals surface area (Å²) in [5, 5.41) is 0. The Morgan fingerprint density at radius 3 is 2.50 bits per heavy atom. The van der Waals surface area contributed by atoms with Crippen molar-refractivity contribution in [3.8, 4) is 0 Å².